The monoisotopic (exact) mass is 368 g/mol. The van der Waals surface area contributed by atoms with Crippen molar-refractivity contribution in [3.05, 3.63) is 58.5 Å². The van der Waals surface area contributed by atoms with Gasteiger partial charge in [-0.2, -0.15) is 10.4 Å². The van der Waals surface area contributed by atoms with Gasteiger partial charge >= 0.3 is 0 Å². The Kier molecular flexibility index (Phi) is 4.08. The summed E-state index contributed by atoms with van der Waals surface area (Å²) in [6, 6.07) is 9.26. The molecule has 1 N–H and O–H groups in total. The molecule has 6 nitrogen and oxygen atoms in total. The van der Waals surface area contributed by atoms with Gasteiger partial charge in [-0.15, -0.1) is 0 Å². The lowest BCUT2D eigenvalue weighted by molar-refractivity contribution is 0.957. The number of pyridine rings is 2. The van der Waals surface area contributed by atoms with E-state index in [0.717, 1.165) is 15.6 Å². The average Bonchev–Trinajstić information content (AvgIpc) is 2.96. The molecule has 3 aromatic rings. The van der Waals surface area contributed by atoms with E-state index in [0.29, 0.717) is 23.8 Å². The van der Waals surface area contributed by atoms with Crippen molar-refractivity contribution in [2.45, 2.75) is 6.92 Å². The number of rotatable bonds is 3. The summed E-state index contributed by atoms with van der Waals surface area (Å²) in [6.07, 6.45) is 5.06. The van der Waals surface area contributed by atoms with E-state index < -0.39 is 0 Å². The highest BCUT2D eigenvalue weighted by molar-refractivity contribution is 9.10. The SMILES string of the molecule is CCN(C(=N)c1ccn2ncc(Br)c2c1)c1ccc(C#N)cn1. The van der Waals surface area contributed by atoms with Gasteiger partial charge in [0.2, 0.25) is 0 Å². The van der Waals surface area contributed by atoms with Gasteiger partial charge in [-0.25, -0.2) is 9.50 Å². The molecule has 0 bridgehead atoms. The van der Waals surface area contributed by atoms with Gasteiger partial charge in [-0.1, -0.05) is 0 Å². The fourth-order valence-electron chi connectivity index (χ4n) is 2.30. The quantitative estimate of drug-likeness (QED) is 0.568. The number of aromatic nitrogens is 3. The van der Waals surface area contributed by atoms with Crippen LogP contribution in [0.25, 0.3) is 5.52 Å². The van der Waals surface area contributed by atoms with Crippen LogP contribution in [0.1, 0.15) is 18.1 Å². The van der Waals surface area contributed by atoms with Crippen LogP contribution in [0.5, 0.6) is 0 Å². The van der Waals surface area contributed by atoms with Gasteiger partial charge < -0.3 is 4.90 Å². The Balaban J connectivity index is 1.97. The van der Waals surface area contributed by atoms with Crippen molar-refractivity contribution >= 4 is 33.1 Å². The normalized spacial score (nSPS) is 10.5. The number of nitriles is 1. The minimum absolute atomic E-state index is 0.348. The number of nitrogens with one attached hydrogen (secondary N) is 1. The van der Waals surface area contributed by atoms with Crippen LogP contribution in [-0.2, 0) is 0 Å². The molecule has 0 spiro atoms. The van der Waals surface area contributed by atoms with Crippen molar-refractivity contribution in [1.29, 1.82) is 10.7 Å². The maximum atomic E-state index is 8.86. The molecular formula is C16H13BrN6. The highest BCUT2D eigenvalue weighted by Gasteiger charge is 2.15. The van der Waals surface area contributed by atoms with E-state index in [4.69, 9.17) is 10.7 Å². The van der Waals surface area contributed by atoms with Crippen molar-refractivity contribution in [3.8, 4) is 6.07 Å². The summed E-state index contributed by atoms with van der Waals surface area (Å²) in [7, 11) is 0. The third-order valence-corrected chi connectivity index (χ3v) is 4.10. The number of nitrogens with zero attached hydrogens (tertiary/aromatic N) is 5. The molecule has 7 heteroatoms. The predicted molar refractivity (Wildman–Crippen MR) is 91.7 cm³/mol. The Hall–Kier alpha value is -2.72. The molecule has 0 aliphatic heterocycles. The van der Waals surface area contributed by atoms with Crippen LogP contribution in [0.15, 0.2) is 47.3 Å². The van der Waals surface area contributed by atoms with Crippen LogP contribution in [0, 0.1) is 16.7 Å². The number of anilines is 1. The lowest BCUT2D eigenvalue weighted by Crippen LogP contribution is -2.31. The summed E-state index contributed by atoms with van der Waals surface area (Å²) in [5.41, 5.74) is 2.17. The lowest BCUT2D eigenvalue weighted by atomic mass is 10.2. The molecule has 3 heterocycles. The van der Waals surface area contributed by atoms with Crippen LogP contribution >= 0.6 is 15.9 Å². The fourth-order valence-corrected chi connectivity index (χ4v) is 2.69. The van der Waals surface area contributed by atoms with Crippen LogP contribution in [0.4, 0.5) is 5.82 Å². The maximum absolute atomic E-state index is 8.86. The van der Waals surface area contributed by atoms with Gasteiger partial charge in [-0.3, -0.25) is 5.41 Å². The van der Waals surface area contributed by atoms with Crippen LogP contribution in [0.3, 0.4) is 0 Å². The van der Waals surface area contributed by atoms with Gasteiger partial charge in [0.25, 0.3) is 0 Å². The minimum Gasteiger partial charge on any atom is -0.311 e. The Bertz CT molecular complexity index is 906. The van der Waals surface area contributed by atoms with E-state index in [9.17, 15) is 0 Å². The summed E-state index contributed by atoms with van der Waals surface area (Å²) in [5.74, 6) is 0.990. The molecule has 0 radical (unpaired) electrons. The Morgan fingerprint density at radius 1 is 1.39 bits per heavy atom. The molecule has 3 aromatic heterocycles. The molecule has 0 amide bonds. The zero-order valence-corrected chi connectivity index (χ0v) is 13.9. The minimum atomic E-state index is 0.348. The van der Waals surface area contributed by atoms with Crippen LogP contribution < -0.4 is 4.90 Å². The van der Waals surface area contributed by atoms with Crippen molar-refractivity contribution in [1.82, 2.24) is 14.6 Å². The molecule has 3 rings (SSSR count). The summed E-state index contributed by atoms with van der Waals surface area (Å²) in [5, 5.41) is 21.6. The first-order valence-electron chi connectivity index (χ1n) is 6.99. The second-order valence-corrected chi connectivity index (χ2v) is 5.70. The van der Waals surface area contributed by atoms with Crippen molar-refractivity contribution in [2.24, 2.45) is 0 Å². The summed E-state index contributed by atoms with van der Waals surface area (Å²) in [6.45, 7) is 2.56. The largest absolute Gasteiger partial charge is 0.311 e. The van der Waals surface area contributed by atoms with Gasteiger partial charge in [0.1, 0.15) is 17.7 Å². The van der Waals surface area contributed by atoms with Crippen LogP contribution in [-0.4, -0.2) is 27.0 Å². The van der Waals surface area contributed by atoms with Crippen molar-refractivity contribution in [3.63, 3.8) is 0 Å². The smallest absolute Gasteiger partial charge is 0.134 e. The molecule has 0 aliphatic rings. The van der Waals surface area contributed by atoms with E-state index in [1.807, 2.05) is 31.3 Å². The molecule has 23 heavy (non-hydrogen) atoms. The number of amidine groups is 1. The van der Waals surface area contributed by atoms with E-state index in [1.165, 1.54) is 6.20 Å². The molecule has 0 saturated carbocycles. The second-order valence-electron chi connectivity index (χ2n) is 4.85. The summed E-state index contributed by atoms with van der Waals surface area (Å²) < 4.78 is 2.63. The molecule has 114 valence electrons. The predicted octanol–water partition coefficient (Wildman–Crippen LogP) is 3.22. The van der Waals surface area contributed by atoms with Crippen molar-refractivity contribution < 1.29 is 0 Å². The lowest BCUT2D eigenvalue weighted by Gasteiger charge is -2.22. The third kappa shape index (κ3) is 2.81. The second kappa shape index (κ2) is 6.18. The third-order valence-electron chi connectivity index (χ3n) is 3.49. The van der Waals surface area contributed by atoms with E-state index in [1.54, 1.807) is 27.7 Å². The van der Waals surface area contributed by atoms with Crippen LogP contribution in [0.2, 0.25) is 0 Å². The fraction of sp³-hybridized carbons (Fsp3) is 0.125. The topological polar surface area (TPSA) is 81.1 Å². The standard InChI is InChI=1S/C16H13BrN6/c1-2-22(15-4-3-11(8-18)9-20-15)16(19)12-5-6-23-14(7-12)13(17)10-21-23/h3-7,9-10,19H,2H2,1H3. The molecule has 0 saturated heterocycles. The number of hydrogen-bond donors (Lipinski definition) is 1. The van der Waals surface area contributed by atoms with E-state index in [2.05, 4.69) is 26.0 Å². The number of hydrogen-bond acceptors (Lipinski definition) is 4. The highest BCUT2D eigenvalue weighted by atomic mass is 79.9. The maximum Gasteiger partial charge on any atom is 0.134 e. The Morgan fingerprint density at radius 2 is 2.22 bits per heavy atom. The highest BCUT2D eigenvalue weighted by Crippen LogP contribution is 2.20. The van der Waals surface area contributed by atoms with Gasteiger partial charge in [-0.05, 0) is 47.1 Å². The Morgan fingerprint density at radius 3 is 2.87 bits per heavy atom. The first-order valence-corrected chi connectivity index (χ1v) is 7.79. The van der Waals surface area contributed by atoms with E-state index >= 15 is 0 Å². The molecular weight excluding hydrogens is 356 g/mol. The molecule has 0 aromatic carbocycles. The van der Waals surface area contributed by atoms with Crippen molar-refractivity contribution in [2.75, 3.05) is 11.4 Å². The zero-order valence-electron chi connectivity index (χ0n) is 12.4. The molecule has 0 unspecified atom stereocenters. The first-order chi connectivity index (χ1) is 11.1. The summed E-state index contributed by atoms with van der Waals surface area (Å²) >= 11 is 3.45. The van der Waals surface area contributed by atoms with Gasteiger partial charge in [0.05, 0.1) is 21.7 Å². The summed E-state index contributed by atoms with van der Waals surface area (Å²) in [4.78, 5) is 6.06. The zero-order chi connectivity index (χ0) is 16.4. The first kappa shape index (κ1) is 15.2. The number of halogens is 1. The molecule has 0 atom stereocenters. The Labute approximate surface area is 141 Å². The molecule has 0 fully saturated rings. The molecule has 0 aliphatic carbocycles. The van der Waals surface area contributed by atoms with E-state index in [-0.39, 0.29) is 0 Å². The average molecular weight is 369 g/mol. The van der Waals surface area contributed by atoms with Gasteiger partial charge in [0.15, 0.2) is 0 Å². The van der Waals surface area contributed by atoms with Gasteiger partial charge in [0, 0.05) is 24.5 Å². The number of fused-ring (bicyclic) bond motifs is 1.